The van der Waals surface area contributed by atoms with Gasteiger partial charge < -0.3 is 14.6 Å². The van der Waals surface area contributed by atoms with E-state index in [0.717, 1.165) is 0 Å². The minimum atomic E-state index is -1.72. The Bertz CT molecular complexity index is 337. The van der Waals surface area contributed by atoms with Gasteiger partial charge in [-0.3, -0.25) is 4.79 Å². The van der Waals surface area contributed by atoms with Crippen molar-refractivity contribution in [2.45, 2.75) is 51.3 Å². The third-order valence-electron chi connectivity index (χ3n) is 1.64. The molecule has 0 aromatic rings. The number of esters is 2. The summed E-state index contributed by atoms with van der Waals surface area (Å²) in [5.74, 6) is -1.76. The largest absolute Gasteiger partial charge is 0.462 e. The van der Waals surface area contributed by atoms with Crippen molar-refractivity contribution in [3.63, 3.8) is 0 Å². The van der Waals surface area contributed by atoms with Crippen LogP contribution < -0.4 is 0 Å². The number of rotatable bonds is 6. The molecule has 0 amide bonds. The summed E-state index contributed by atoms with van der Waals surface area (Å²) in [6.07, 6.45) is -2.53. The summed E-state index contributed by atoms with van der Waals surface area (Å²) >= 11 is 0.470. The molecule has 0 radical (unpaired) electrons. The molecule has 0 heterocycles. The predicted octanol–water partition coefficient (Wildman–Crippen LogP) is 0.833. The number of aliphatic hydroxyl groups excluding tert-OH is 1. The topological polar surface area (TPSA) is 96.6 Å². The van der Waals surface area contributed by atoms with Gasteiger partial charge in [-0.15, -0.1) is 0 Å². The van der Waals surface area contributed by atoms with Gasteiger partial charge in [0.2, 0.25) is 0 Å². The fourth-order valence-electron chi connectivity index (χ4n) is 1.02. The zero-order valence-electron chi connectivity index (χ0n) is 10.7. The average Bonchev–Trinajstić information content (AvgIpc) is 2.22. The summed E-state index contributed by atoms with van der Waals surface area (Å²) < 4.78 is 9.64. The van der Waals surface area contributed by atoms with E-state index >= 15 is 0 Å². The number of thiocyanates is 1. The molecule has 0 aromatic heterocycles. The number of hydrogen-bond donors (Lipinski definition) is 1. The fraction of sp³-hybridized carbons (Fsp3) is 0.727. The first-order valence-electron chi connectivity index (χ1n) is 5.43. The van der Waals surface area contributed by atoms with Gasteiger partial charge in [0.05, 0.1) is 12.2 Å². The van der Waals surface area contributed by atoms with Crippen LogP contribution in [-0.2, 0) is 19.1 Å². The molecule has 0 saturated heterocycles. The van der Waals surface area contributed by atoms with Crippen LogP contribution >= 0.6 is 11.8 Å². The van der Waals surface area contributed by atoms with E-state index in [2.05, 4.69) is 0 Å². The van der Waals surface area contributed by atoms with E-state index in [0.29, 0.717) is 11.8 Å². The third-order valence-corrected chi connectivity index (χ3v) is 2.45. The molecule has 6 nitrogen and oxygen atoms in total. The third kappa shape index (κ3) is 5.89. The summed E-state index contributed by atoms with van der Waals surface area (Å²) in [4.78, 5) is 23.1. The van der Waals surface area contributed by atoms with E-state index in [-0.39, 0.29) is 0 Å². The summed E-state index contributed by atoms with van der Waals surface area (Å²) in [6.45, 7) is 6.49. The van der Waals surface area contributed by atoms with Crippen molar-refractivity contribution in [1.29, 1.82) is 5.26 Å². The van der Waals surface area contributed by atoms with Crippen LogP contribution in [0.5, 0.6) is 0 Å². The molecule has 0 spiro atoms. The lowest BCUT2D eigenvalue weighted by Gasteiger charge is -2.19. The minimum absolute atomic E-state index is 0.396. The van der Waals surface area contributed by atoms with Gasteiger partial charge in [0.15, 0.2) is 11.4 Å². The number of aliphatic hydroxyl groups is 1. The van der Waals surface area contributed by atoms with Crippen molar-refractivity contribution < 1.29 is 24.2 Å². The van der Waals surface area contributed by atoms with E-state index in [9.17, 15) is 14.7 Å². The highest BCUT2D eigenvalue weighted by Crippen LogP contribution is 2.18. The molecule has 0 rings (SSSR count). The number of carbonyl (C=O) groups is 2. The van der Waals surface area contributed by atoms with Crippen LogP contribution in [0.2, 0.25) is 0 Å². The maximum Gasteiger partial charge on any atom is 0.337 e. The standard InChI is InChI=1S/C11H17NO5S/c1-6(2)16-10(14)8(13)9(18-5-12)11(15)17-7(3)4/h6-9,13H,1-4H3/t8-,9-/m0/s1. The van der Waals surface area contributed by atoms with Crippen LogP contribution in [0.15, 0.2) is 0 Å². The van der Waals surface area contributed by atoms with E-state index < -0.39 is 35.5 Å². The van der Waals surface area contributed by atoms with Gasteiger partial charge in [0, 0.05) is 0 Å². The second-order valence-corrected chi connectivity index (χ2v) is 4.97. The van der Waals surface area contributed by atoms with Gasteiger partial charge in [0.1, 0.15) is 5.40 Å². The van der Waals surface area contributed by atoms with Gasteiger partial charge in [-0.25, -0.2) is 4.79 Å². The maximum absolute atomic E-state index is 11.6. The molecule has 0 bridgehead atoms. The summed E-state index contributed by atoms with van der Waals surface area (Å²) in [5.41, 5.74) is 0. The van der Waals surface area contributed by atoms with Gasteiger partial charge in [-0.2, -0.15) is 5.26 Å². The van der Waals surface area contributed by atoms with Gasteiger partial charge in [-0.05, 0) is 39.5 Å². The van der Waals surface area contributed by atoms with E-state index in [1.54, 1.807) is 33.1 Å². The monoisotopic (exact) mass is 275 g/mol. The van der Waals surface area contributed by atoms with E-state index in [4.69, 9.17) is 14.7 Å². The Morgan fingerprint density at radius 1 is 1.11 bits per heavy atom. The number of nitrogens with zero attached hydrogens (tertiary/aromatic N) is 1. The minimum Gasteiger partial charge on any atom is -0.462 e. The Labute approximate surface area is 110 Å². The Morgan fingerprint density at radius 3 is 1.94 bits per heavy atom. The van der Waals surface area contributed by atoms with Gasteiger partial charge >= 0.3 is 11.9 Å². The Hall–Kier alpha value is -1.26. The number of hydrogen-bond acceptors (Lipinski definition) is 7. The normalized spacial score (nSPS) is 13.9. The number of nitriles is 1. The molecule has 0 aliphatic rings. The molecule has 0 aromatic carbocycles. The van der Waals surface area contributed by atoms with E-state index in [1.807, 2.05) is 0 Å². The summed E-state index contributed by atoms with van der Waals surface area (Å²) in [6, 6.07) is 0. The van der Waals surface area contributed by atoms with Crippen LogP contribution in [0.25, 0.3) is 0 Å². The lowest BCUT2D eigenvalue weighted by atomic mass is 10.2. The van der Waals surface area contributed by atoms with Crippen LogP contribution in [0, 0.1) is 10.7 Å². The van der Waals surface area contributed by atoms with Crippen molar-refractivity contribution in [3.8, 4) is 5.40 Å². The number of thioether (sulfide) groups is 1. The van der Waals surface area contributed by atoms with Gasteiger partial charge in [-0.1, -0.05) is 0 Å². The molecule has 102 valence electrons. The van der Waals surface area contributed by atoms with Gasteiger partial charge in [0.25, 0.3) is 0 Å². The first-order valence-corrected chi connectivity index (χ1v) is 6.31. The van der Waals surface area contributed by atoms with Crippen molar-refractivity contribution in [1.82, 2.24) is 0 Å². The summed E-state index contributed by atoms with van der Waals surface area (Å²) in [5, 5.41) is 18.6. The Balaban J connectivity index is 4.73. The maximum atomic E-state index is 11.6. The summed E-state index contributed by atoms with van der Waals surface area (Å²) in [7, 11) is 0. The predicted molar refractivity (Wildman–Crippen MR) is 65.5 cm³/mol. The molecule has 0 aliphatic carbocycles. The average molecular weight is 275 g/mol. The number of ether oxygens (including phenoxy) is 2. The first kappa shape index (κ1) is 16.7. The highest BCUT2D eigenvalue weighted by atomic mass is 32.2. The van der Waals surface area contributed by atoms with Crippen LogP contribution in [0.4, 0.5) is 0 Å². The second kappa shape index (κ2) is 7.95. The molecule has 18 heavy (non-hydrogen) atoms. The lowest BCUT2D eigenvalue weighted by molar-refractivity contribution is -0.163. The smallest absolute Gasteiger partial charge is 0.337 e. The molecule has 0 saturated carbocycles. The molecule has 7 heteroatoms. The number of carbonyl (C=O) groups excluding carboxylic acids is 2. The second-order valence-electron chi connectivity index (χ2n) is 4.05. The molecule has 2 atom stereocenters. The fourth-order valence-corrected chi connectivity index (χ4v) is 1.53. The Kier molecular flexibility index (Phi) is 7.39. The molecular formula is C11H17NO5S. The first-order chi connectivity index (χ1) is 8.29. The molecule has 0 unspecified atom stereocenters. The van der Waals surface area contributed by atoms with E-state index in [1.165, 1.54) is 0 Å². The molecular weight excluding hydrogens is 258 g/mol. The molecule has 0 aliphatic heterocycles. The van der Waals surface area contributed by atoms with Crippen LogP contribution in [-0.4, -0.2) is 40.6 Å². The molecule has 0 fully saturated rings. The lowest BCUT2D eigenvalue weighted by Crippen LogP contribution is -2.41. The van der Waals surface area contributed by atoms with Crippen molar-refractivity contribution in [2.75, 3.05) is 0 Å². The zero-order chi connectivity index (χ0) is 14.3. The molecule has 1 N–H and O–H groups in total. The Morgan fingerprint density at radius 2 is 1.56 bits per heavy atom. The van der Waals surface area contributed by atoms with Crippen LogP contribution in [0.1, 0.15) is 27.7 Å². The zero-order valence-corrected chi connectivity index (χ0v) is 11.6. The van der Waals surface area contributed by atoms with Crippen molar-refractivity contribution in [3.05, 3.63) is 0 Å². The van der Waals surface area contributed by atoms with Crippen molar-refractivity contribution >= 4 is 23.7 Å². The highest BCUT2D eigenvalue weighted by molar-refractivity contribution is 8.05. The SMILES string of the molecule is CC(C)OC(=O)[C@@H](O)[C@H](SC#N)C(=O)OC(C)C. The van der Waals surface area contributed by atoms with Crippen molar-refractivity contribution in [2.24, 2.45) is 0 Å². The quantitative estimate of drug-likeness (QED) is 0.566. The highest BCUT2D eigenvalue weighted by Gasteiger charge is 2.36. The van der Waals surface area contributed by atoms with Crippen LogP contribution in [0.3, 0.4) is 0 Å².